The number of aromatic nitrogens is 5. The van der Waals surface area contributed by atoms with Crippen molar-refractivity contribution in [2.24, 2.45) is 0 Å². The Hall–Kier alpha value is -3.17. The highest BCUT2D eigenvalue weighted by molar-refractivity contribution is 7.99. The van der Waals surface area contributed by atoms with Gasteiger partial charge in [0, 0.05) is 22.6 Å². The Bertz CT molecular complexity index is 1270. The predicted molar refractivity (Wildman–Crippen MR) is 135 cm³/mol. The van der Waals surface area contributed by atoms with Crippen LogP contribution in [0.1, 0.15) is 33.1 Å². The van der Waals surface area contributed by atoms with Gasteiger partial charge in [-0.2, -0.15) is 0 Å². The molecule has 2 aromatic carbocycles. The normalized spacial score (nSPS) is 10.9. The van der Waals surface area contributed by atoms with E-state index in [0.717, 1.165) is 34.2 Å². The van der Waals surface area contributed by atoms with Crippen molar-refractivity contribution in [3.8, 4) is 11.4 Å². The van der Waals surface area contributed by atoms with Gasteiger partial charge in [0.05, 0.1) is 18.6 Å². The van der Waals surface area contributed by atoms with E-state index in [9.17, 15) is 4.79 Å². The summed E-state index contributed by atoms with van der Waals surface area (Å²) in [5.41, 5.74) is 4.57. The quantitative estimate of drug-likeness (QED) is 0.178. The van der Waals surface area contributed by atoms with Gasteiger partial charge in [0.15, 0.2) is 16.1 Å². The van der Waals surface area contributed by atoms with Gasteiger partial charge in [0.1, 0.15) is 11.6 Å². The molecule has 34 heavy (non-hydrogen) atoms. The van der Waals surface area contributed by atoms with E-state index in [1.807, 2.05) is 79.9 Å². The summed E-state index contributed by atoms with van der Waals surface area (Å²) < 4.78 is 7.27. The van der Waals surface area contributed by atoms with Crippen LogP contribution in [0, 0.1) is 20.8 Å². The molecule has 0 saturated heterocycles. The summed E-state index contributed by atoms with van der Waals surface area (Å²) in [6.07, 6.45) is 0. The molecule has 0 fully saturated rings. The first-order valence-corrected chi connectivity index (χ1v) is 12.7. The maximum atomic E-state index is 12.7. The van der Waals surface area contributed by atoms with Crippen LogP contribution in [0.4, 0.5) is 0 Å². The number of methoxy groups -OCH3 is 1. The van der Waals surface area contributed by atoms with E-state index in [0.29, 0.717) is 21.6 Å². The van der Waals surface area contributed by atoms with Crippen LogP contribution in [0.2, 0.25) is 0 Å². The monoisotopic (exact) mass is 491 g/mol. The molecule has 2 heterocycles. The smallest absolute Gasteiger partial charge is 0.196 e. The van der Waals surface area contributed by atoms with Crippen molar-refractivity contribution < 1.29 is 9.53 Å². The lowest BCUT2D eigenvalue weighted by molar-refractivity contribution is 0.102. The van der Waals surface area contributed by atoms with Crippen molar-refractivity contribution in [2.45, 2.75) is 36.8 Å². The first kappa shape index (κ1) is 24.0. The molecule has 2 aromatic heterocycles. The van der Waals surface area contributed by atoms with Crippen molar-refractivity contribution in [1.82, 2.24) is 24.7 Å². The predicted octanol–water partition coefficient (Wildman–Crippen LogP) is 5.26. The summed E-state index contributed by atoms with van der Waals surface area (Å²) in [5, 5.41) is 10.2. The molecule has 0 aliphatic carbocycles. The molecule has 0 amide bonds. The summed E-state index contributed by atoms with van der Waals surface area (Å²) in [4.78, 5) is 21.7. The van der Waals surface area contributed by atoms with Crippen LogP contribution < -0.4 is 4.74 Å². The van der Waals surface area contributed by atoms with E-state index < -0.39 is 0 Å². The lowest BCUT2D eigenvalue weighted by Gasteiger charge is -2.11. The Kier molecular flexibility index (Phi) is 7.64. The molecule has 0 N–H and O–H groups in total. The van der Waals surface area contributed by atoms with Crippen LogP contribution >= 0.6 is 23.5 Å². The number of hydrogen-bond donors (Lipinski definition) is 0. The second-order valence-corrected chi connectivity index (χ2v) is 9.62. The van der Waals surface area contributed by atoms with Gasteiger partial charge in [-0.3, -0.25) is 9.36 Å². The molecule has 4 rings (SSSR count). The fourth-order valence-corrected chi connectivity index (χ4v) is 5.05. The average Bonchev–Trinajstić information content (AvgIpc) is 3.24. The minimum Gasteiger partial charge on any atom is -0.497 e. The summed E-state index contributed by atoms with van der Waals surface area (Å²) in [6, 6.07) is 17.3. The number of benzene rings is 2. The van der Waals surface area contributed by atoms with E-state index >= 15 is 0 Å². The first-order chi connectivity index (χ1) is 16.4. The number of ketones is 1. The van der Waals surface area contributed by atoms with Crippen molar-refractivity contribution in [3.63, 3.8) is 0 Å². The molecule has 0 unspecified atom stereocenters. The topological polar surface area (TPSA) is 82.8 Å². The van der Waals surface area contributed by atoms with Gasteiger partial charge >= 0.3 is 0 Å². The molecule has 4 aromatic rings. The third-order valence-corrected chi connectivity index (χ3v) is 6.80. The first-order valence-electron chi connectivity index (χ1n) is 10.7. The molecule has 0 aliphatic heterocycles. The third-order valence-electron chi connectivity index (χ3n) is 5.03. The molecule has 0 atom stereocenters. The molecule has 0 saturated carbocycles. The summed E-state index contributed by atoms with van der Waals surface area (Å²) >= 11 is 2.88. The van der Waals surface area contributed by atoms with Gasteiger partial charge in [-0.05, 0) is 51.1 Å². The Labute approximate surface area is 207 Å². The second-order valence-electron chi connectivity index (χ2n) is 7.73. The molecule has 0 spiro atoms. The van der Waals surface area contributed by atoms with E-state index in [1.165, 1.54) is 23.5 Å². The number of aryl methyl sites for hydroxylation is 3. The van der Waals surface area contributed by atoms with Gasteiger partial charge in [-0.15, -0.1) is 10.2 Å². The second kappa shape index (κ2) is 10.8. The Morgan fingerprint density at radius 3 is 2.24 bits per heavy atom. The molecular weight excluding hydrogens is 466 g/mol. The Morgan fingerprint density at radius 2 is 1.59 bits per heavy atom. The number of rotatable bonds is 9. The molecular formula is C25H25N5O2S2. The van der Waals surface area contributed by atoms with Crippen LogP contribution in [0.3, 0.4) is 0 Å². The lowest BCUT2D eigenvalue weighted by Crippen LogP contribution is -2.06. The standard InChI is InChI=1S/C25H25N5O2S2/c1-16-5-7-19(8-6-16)22(31)14-34-25-29-28-23(15-33-24-26-17(2)13-18(3)27-24)30(25)20-9-11-21(32-4)12-10-20/h5-13H,14-15H2,1-4H3. The van der Waals surface area contributed by atoms with Crippen LogP contribution in [-0.2, 0) is 5.75 Å². The van der Waals surface area contributed by atoms with Crippen LogP contribution in [0.25, 0.3) is 5.69 Å². The minimum absolute atomic E-state index is 0.0499. The fraction of sp³-hybridized carbons (Fsp3) is 0.240. The highest BCUT2D eigenvalue weighted by atomic mass is 32.2. The molecule has 0 aliphatic rings. The molecule has 7 nitrogen and oxygen atoms in total. The zero-order valence-electron chi connectivity index (χ0n) is 19.5. The van der Waals surface area contributed by atoms with Crippen molar-refractivity contribution in [1.29, 1.82) is 0 Å². The van der Waals surface area contributed by atoms with Crippen LogP contribution in [0.15, 0.2) is 64.9 Å². The maximum absolute atomic E-state index is 12.7. The minimum atomic E-state index is 0.0499. The highest BCUT2D eigenvalue weighted by Crippen LogP contribution is 2.28. The zero-order valence-corrected chi connectivity index (χ0v) is 21.1. The lowest BCUT2D eigenvalue weighted by atomic mass is 10.1. The molecule has 0 bridgehead atoms. The molecule has 174 valence electrons. The number of carbonyl (C=O) groups is 1. The molecule has 0 radical (unpaired) electrons. The van der Waals surface area contributed by atoms with Gasteiger partial charge < -0.3 is 4.74 Å². The van der Waals surface area contributed by atoms with Gasteiger partial charge in [0.2, 0.25) is 0 Å². The van der Waals surface area contributed by atoms with E-state index in [1.54, 1.807) is 7.11 Å². The molecule has 9 heteroatoms. The van der Waals surface area contributed by atoms with Crippen LogP contribution in [-0.4, -0.2) is 43.4 Å². The zero-order chi connectivity index (χ0) is 24.1. The average molecular weight is 492 g/mol. The van der Waals surface area contributed by atoms with Crippen molar-refractivity contribution in [2.75, 3.05) is 12.9 Å². The summed E-state index contributed by atoms with van der Waals surface area (Å²) in [6.45, 7) is 5.92. The number of thioether (sulfide) groups is 2. The summed E-state index contributed by atoms with van der Waals surface area (Å²) in [7, 11) is 1.64. The SMILES string of the molecule is COc1ccc(-n2c(CSc3nc(C)cc(C)n3)nnc2SCC(=O)c2ccc(C)cc2)cc1. The third kappa shape index (κ3) is 5.84. The largest absolute Gasteiger partial charge is 0.497 e. The number of nitrogens with zero attached hydrogens (tertiary/aromatic N) is 5. The number of carbonyl (C=O) groups excluding carboxylic acids is 1. The number of Topliss-reactive ketones (excluding diaryl/α,β-unsaturated/α-hetero) is 1. The van der Waals surface area contributed by atoms with E-state index in [-0.39, 0.29) is 11.5 Å². The number of hydrogen-bond acceptors (Lipinski definition) is 8. The fourth-order valence-electron chi connectivity index (χ4n) is 3.32. The van der Waals surface area contributed by atoms with Crippen molar-refractivity contribution >= 4 is 29.3 Å². The summed E-state index contributed by atoms with van der Waals surface area (Å²) in [5.74, 6) is 2.37. The van der Waals surface area contributed by atoms with Crippen LogP contribution in [0.5, 0.6) is 5.75 Å². The van der Waals surface area contributed by atoms with Gasteiger partial charge in [-0.25, -0.2) is 9.97 Å². The van der Waals surface area contributed by atoms with Crippen molar-refractivity contribution in [3.05, 3.63) is 82.9 Å². The Balaban J connectivity index is 1.58. The maximum Gasteiger partial charge on any atom is 0.196 e. The highest BCUT2D eigenvalue weighted by Gasteiger charge is 2.17. The van der Waals surface area contributed by atoms with E-state index in [4.69, 9.17) is 4.74 Å². The number of ether oxygens (including phenoxy) is 1. The van der Waals surface area contributed by atoms with Gasteiger partial charge in [0.25, 0.3) is 0 Å². The van der Waals surface area contributed by atoms with E-state index in [2.05, 4.69) is 20.2 Å². The Morgan fingerprint density at radius 1 is 0.912 bits per heavy atom. The van der Waals surface area contributed by atoms with Gasteiger partial charge in [-0.1, -0.05) is 53.4 Å².